The molecule has 1 fully saturated rings. The number of carbonyl (C=O) groups excluding carboxylic acids is 1. The Morgan fingerprint density at radius 1 is 1.05 bits per heavy atom. The first kappa shape index (κ1) is 29.0. The molecule has 40 heavy (non-hydrogen) atoms. The lowest BCUT2D eigenvalue weighted by atomic mass is 10.0. The van der Waals surface area contributed by atoms with Crippen LogP contribution < -0.4 is 10.6 Å². The van der Waals surface area contributed by atoms with Crippen molar-refractivity contribution in [3.05, 3.63) is 71.9 Å². The number of benzene rings is 2. The van der Waals surface area contributed by atoms with E-state index in [-0.39, 0.29) is 11.4 Å². The van der Waals surface area contributed by atoms with Crippen molar-refractivity contribution in [2.24, 2.45) is 7.05 Å². The van der Waals surface area contributed by atoms with Gasteiger partial charge in [-0.2, -0.15) is 18.3 Å². The number of aryl methyl sites for hydroxylation is 1. The summed E-state index contributed by atoms with van der Waals surface area (Å²) in [6.07, 6.45) is -1.16. The molecule has 1 aliphatic rings. The van der Waals surface area contributed by atoms with Gasteiger partial charge in [0.2, 0.25) is 0 Å². The van der Waals surface area contributed by atoms with Crippen molar-refractivity contribution in [2.75, 3.05) is 36.9 Å². The standard InChI is InChI=1S/C26H24F4N6O2.C2H6/c1-35-24-20(14-32-35)19(13-31-23(24)15-36-7-9-38-10-8-36)16-5-6-22(21(27)11-16)34-25(37)33-18-4-2-3-17(12-18)26(28,29)30;1-2/h2-6,11-14H,7-10,15H2,1H3,(H2,33,34,37);1-2H3. The lowest BCUT2D eigenvalue weighted by Gasteiger charge is -2.26. The summed E-state index contributed by atoms with van der Waals surface area (Å²) in [5, 5.41) is 9.82. The molecule has 2 aromatic heterocycles. The van der Waals surface area contributed by atoms with Crippen molar-refractivity contribution >= 4 is 28.3 Å². The molecule has 3 heterocycles. The number of urea groups is 1. The summed E-state index contributed by atoms with van der Waals surface area (Å²) in [5.41, 5.74) is 1.81. The van der Waals surface area contributed by atoms with Crippen LogP contribution in [-0.4, -0.2) is 52.0 Å². The molecular formula is C28H30F4N6O2. The van der Waals surface area contributed by atoms with Crippen molar-refractivity contribution in [1.29, 1.82) is 0 Å². The van der Waals surface area contributed by atoms with Crippen LogP contribution in [0.5, 0.6) is 0 Å². The van der Waals surface area contributed by atoms with E-state index in [1.54, 1.807) is 23.1 Å². The topological polar surface area (TPSA) is 84.3 Å². The summed E-state index contributed by atoms with van der Waals surface area (Å²) in [5.74, 6) is -0.712. The zero-order valence-corrected chi connectivity index (χ0v) is 22.3. The normalized spacial score (nSPS) is 14.0. The lowest BCUT2D eigenvalue weighted by Crippen LogP contribution is -2.36. The number of nitrogens with zero attached hydrogens (tertiary/aromatic N) is 4. The van der Waals surface area contributed by atoms with Gasteiger partial charge < -0.3 is 15.4 Å². The Balaban J connectivity index is 0.00000181. The fraction of sp³-hybridized carbons (Fsp3) is 0.321. The molecule has 0 saturated carbocycles. The largest absolute Gasteiger partial charge is 0.416 e. The van der Waals surface area contributed by atoms with Gasteiger partial charge in [-0.05, 0) is 35.9 Å². The van der Waals surface area contributed by atoms with Crippen molar-refractivity contribution in [3.63, 3.8) is 0 Å². The minimum Gasteiger partial charge on any atom is -0.379 e. The molecule has 8 nitrogen and oxygen atoms in total. The zero-order valence-electron chi connectivity index (χ0n) is 22.3. The van der Waals surface area contributed by atoms with Gasteiger partial charge in [-0.1, -0.05) is 26.0 Å². The van der Waals surface area contributed by atoms with Crippen molar-refractivity contribution in [1.82, 2.24) is 19.7 Å². The van der Waals surface area contributed by atoms with E-state index in [9.17, 15) is 22.4 Å². The summed E-state index contributed by atoms with van der Waals surface area (Å²) in [6, 6.07) is 7.59. The Kier molecular flexibility index (Phi) is 9.00. The van der Waals surface area contributed by atoms with E-state index in [4.69, 9.17) is 4.74 Å². The number of ether oxygens (including phenoxy) is 1. The number of rotatable bonds is 5. The second kappa shape index (κ2) is 12.4. The highest BCUT2D eigenvalue weighted by Gasteiger charge is 2.30. The molecule has 1 aliphatic heterocycles. The van der Waals surface area contributed by atoms with E-state index < -0.39 is 23.6 Å². The van der Waals surface area contributed by atoms with Crippen LogP contribution in [0.1, 0.15) is 25.1 Å². The van der Waals surface area contributed by atoms with Crippen LogP contribution in [0.4, 0.5) is 33.7 Å². The Morgan fingerprint density at radius 3 is 2.50 bits per heavy atom. The van der Waals surface area contributed by atoms with Gasteiger partial charge in [-0.25, -0.2) is 9.18 Å². The maximum atomic E-state index is 15.0. The van der Waals surface area contributed by atoms with Gasteiger partial charge in [-0.3, -0.25) is 14.6 Å². The molecule has 2 N–H and O–H groups in total. The van der Waals surface area contributed by atoms with Gasteiger partial charge in [-0.15, -0.1) is 0 Å². The van der Waals surface area contributed by atoms with Crippen molar-refractivity contribution in [3.8, 4) is 11.1 Å². The fourth-order valence-electron chi connectivity index (χ4n) is 4.41. The van der Waals surface area contributed by atoms with Crippen molar-refractivity contribution in [2.45, 2.75) is 26.6 Å². The minimum absolute atomic E-state index is 0.0726. The molecule has 5 rings (SSSR count). The Bertz CT molecular complexity index is 1480. The third-order valence-electron chi connectivity index (χ3n) is 6.30. The second-order valence-corrected chi connectivity index (χ2v) is 8.89. The Hall–Kier alpha value is -4.03. The number of hydrogen-bond acceptors (Lipinski definition) is 5. The van der Waals surface area contributed by atoms with E-state index in [1.807, 2.05) is 20.9 Å². The highest BCUT2D eigenvalue weighted by Crippen LogP contribution is 2.33. The van der Waals surface area contributed by atoms with E-state index in [0.29, 0.717) is 30.9 Å². The predicted molar refractivity (Wildman–Crippen MR) is 145 cm³/mol. The number of pyridine rings is 1. The van der Waals surface area contributed by atoms with Crippen molar-refractivity contribution < 1.29 is 27.1 Å². The number of anilines is 2. The van der Waals surface area contributed by atoms with Crippen LogP contribution in [0.3, 0.4) is 0 Å². The quantitative estimate of drug-likeness (QED) is 0.281. The minimum atomic E-state index is -4.55. The molecule has 0 atom stereocenters. The number of aromatic nitrogens is 3. The molecule has 0 unspecified atom stereocenters. The SMILES string of the molecule is CC.Cn1ncc2c(-c3ccc(NC(=O)Nc4cccc(C(F)(F)F)c4)c(F)c3)cnc(CN3CCOCC3)c21. The summed E-state index contributed by atoms with van der Waals surface area (Å²) >= 11 is 0. The number of nitrogens with one attached hydrogen (secondary N) is 2. The first-order valence-corrected chi connectivity index (χ1v) is 12.8. The molecule has 12 heteroatoms. The third-order valence-corrected chi connectivity index (χ3v) is 6.30. The lowest BCUT2D eigenvalue weighted by molar-refractivity contribution is -0.137. The summed E-state index contributed by atoms with van der Waals surface area (Å²) < 4.78 is 60.9. The van der Waals surface area contributed by atoms with Crippen LogP contribution in [0.15, 0.2) is 54.9 Å². The monoisotopic (exact) mass is 558 g/mol. The summed E-state index contributed by atoms with van der Waals surface area (Å²) in [7, 11) is 1.83. The maximum absolute atomic E-state index is 15.0. The van der Waals surface area contributed by atoms with E-state index in [1.165, 1.54) is 24.3 Å². The average molecular weight is 559 g/mol. The molecule has 0 bridgehead atoms. The number of morpholine rings is 1. The van der Waals surface area contributed by atoms with Crippen LogP contribution in [-0.2, 0) is 24.5 Å². The summed E-state index contributed by atoms with van der Waals surface area (Å²) in [6.45, 7) is 7.60. The second-order valence-electron chi connectivity index (χ2n) is 8.89. The first-order chi connectivity index (χ1) is 19.2. The molecule has 0 spiro atoms. The van der Waals surface area contributed by atoms with E-state index in [2.05, 4.69) is 25.6 Å². The van der Waals surface area contributed by atoms with Crippen LogP contribution in [0, 0.1) is 5.82 Å². The van der Waals surface area contributed by atoms with Gasteiger partial charge in [0.05, 0.1) is 41.9 Å². The highest BCUT2D eigenvalue weighted by molar-refractivity contribution is 6.00. The average Bonchev–Trinajstić information content (AvgIpc) is 3.33. The van der Waals surface area contributed by atoms with Gasteiger partial charge in [0.1, 0.15) is 5.82 Å². The van der Waals surface area contributed by atoms with E-state index >= 15 is 0 Å². The summed E-state index contributed by atoms with van der Waals surface area (Å²) in [4.78, 5) is 19.2. The van der Waals surface area contributed by atoms with Gasteiger partial charge >= 0.3 is 12.2 Å². The molecule has 2 amide bonds. The number of fused-ring (bicyclic) bond motifs is 1. The van der Waals surface area contributed by atoms with Gasteiger partial charge in [0, 0.05) is 49.5 Å². The van der Waals surface area contributed by atoms with Crippen LogP contribution in [0.25, 0.3) is 22.0 Å². The van der Waals surface area contributed by atoms with Crippen LogP contribution in [0.2, 0.25) is 0 Å². The van der Waals surface area contributed by atoms with Gasteiger partial charge in [0.15, 0.2) is 0 Å². The van der Waals surface area contributed by atoms with Crippen LogP contribution >= 0.6 is 0 Å². The molecule has 0 aliphatic carbocycles. The Morgan fingerprint density at radius 2 is 1.80 bits per heavy atom. The molecule has 4 aromatic rings. The number of halogens is 4. The van der Waals surface area contributed by atoms with Gasteiger partial charge in [0.25, 0.3) is 0 Å². The molecule has 2 aromatic carbocycles. The zero-order chi connectivity index (χ0) is 28.9. The number of hydrogen-bond donors (Lipinski definition) is 2. The Labute approximate surface area is 229 Å². The third kappa shape index (κ3) is 6.57. The van der Waals surface area contributed by atoms with E-state index in [0.717, 1.165) is 41.8 Å². The first-order valence-electron chi connectivity index (χ1n) is 12.8. The molecule has 1 saturated heterocycles. The number of amides is 2. The fourth-order valence-corrected chi connectivity index (χ4v) is 4.41. The highest BCUT2D eigenvalue weighted by atomic mass is 19.4. The predicted octanol–water partition coefficient (Wildman–Crippen LogP) is 6.30. The molecular weight excluding hydrogens is 528 g/mol. The molecule has 212 valence electrons. The number of alkyl halides is 3. The maximum Gasteiger partial charge on any atom is 0.416 e. The number of carbonyl (C=O) groups is 1. The molecule has 0 radical (unpaired) electrons. The smallest absolute Gasteiger partial charge is 0.379 e.